The van der Waals surface area contributed by atoms with Gasteiger partial charge in [0.2, 0.25) is 0 Å². The number of aromatic nitrogens is 3. The SMILES string of the molecule is CCNc1cnc(C(C)C)nc1C(=O)Nc1cccnc1. The second kappa shape index (κ2) is 6.78. The third-order valence-corrected chi connectivity index (χ3v) is 2.83. The predicted octanol–water partition coefficient (Wildman–Crippen LogP) is 2.68. The summed E-state index contributed by atoms with van der Waals surface area (Å²) < 4.78 is 0. The van der Waals surface area contributed by atoms with Crippen molar-refractivity contribution >= 4 is 17.3 Å². The molecular weight excluding hydrogens is 266 g/mol. The smallest absolute Gasteiger partial charge is 0.276 e. The molecule has 0 spiro atoms. The van der Waals surface area contributed by atoms with E-state index in [2.05, 4.69) is 25.6 Å². The highest BCUT2D eigenvalue weighted by molar-refractivity contribution is 6.06. The molecule has 2 N–H and O–H groups in total. The molecule has 0 aliphatic carbocycles. The maximum absolute atomic E-state index is 12.4. The van der Waals surface area contributed by atoms with Gasteiger partial charge in [-0.1, -0.05) is 13.8 Å². The fourth-order valence-electron chi connectivity index (χ4n) is 1.79. The molecule has 0 atom stereocenters. The third kappa shape index (κ3) is 3.75. The van der Waals surface area contributed by atoms with Crippen molar-refractivity contribution in [2.24, 2.45) is 0 Å². The molecule has 0 unspecified atom stereocenters. The topological polar surface area (TPSA) is 79.8 Å². The number of hydrogen-bond acceptors (Lipinski definition) is 5. The highest BCUT2D eigenvalue weighted by Crippen LogP contribution is 2.17. The van der Waals surface area contributed by atoms with Crippen molar-refractivity contribution in [1.82, 2.24) is 15.0 Å². The van der Waals surface area contributed by atoms with Gasteiger partial charge >= 0.3 is 0 Å². The van der Waals surface area contributed by atoms with Crippen LogP contribution in [0.4, 0.5) is 11.4 Å². The van der Waals surface area contributed by atoms with Crippen LogP contribution in [0.1, 0.15) is 43.0 Å². The third-order valence-electron chi connectivity index (χ3n) is 2.83. The minimum absolute atomic E-state index is 0.158. The largest absolute Gasteiger partial charge is 0.382 e. The zero-order valence-electron chi connectivity index (χ0n) is 12.4. The molecule has 1 amide bonds. The molecule has 0 radical (unpaired) electrons. The quantitative estimate of drug-likeness (QED) is 0.883. The number of carbonyl (C=O) groups is 1. The first-order valence-electron chi connectivity index (χ1n) is 6.94. The Bertz CT molecular complexity index is 613. The van der Waals surface area contributed by atoms with Gasteiger partial charge in [-0.3, -0.25) is 9.78 Å². The lowest BCUT2D eigenvalue weighted by atomic mass is 10.2. The van der Waals surface area contributed by atoms with Crippen molar-refractivity contribution in [2.45, 2.75) is 26.7 Å². The molecule has 0 fully saturated rings. The zero-order valence-corrected chi connectivity index (χ0v) is 12.4. The first-order chi connectivity index (χ1) is 10.1. The molecule has 2 aromatic heterocycles. The summed E-state index contributed by atoms with van der Waals surface area (Å²) >= 11 is 0. The van der Waals surface area contributed by atoms with Crippen LogP contribution in [-0.4, -0.2) is 27.4 Å². The molecule has 0 aliphatic rings. The van der Waals surface area contributed by atoms with E-state index in [1.54, 1.807) is 30.7 Å². The molecular formula is C15H19N5O. The molecule has 2 heterocycles. The molecule has 0 aromatic carbocycles. The first kappa shape index (κ1) is 14.9. The van der Waals surface area contributed by atoms with Crippen LogP contribution in [0.5, 0.6) is 0 Å². The lowest BCUT2D eigenvalue weighted by Gasteiger charge is -2.12. The van der Waals surface area contributed by atoms with Gasteiger partial charge in [0.15, 0.2) is 5.69 Å². The minimum atomic E-state index is -0.275. The average Bonchev–Trinajstić information content (AvgIpc) is 2.48. The number of nitrogens with zero attached hydrogens (tertiary/aromatic N) is 3. The van der Waals surface area contributed by atoms with Gasteiger partial charge in [0.1, 0.15) is 5.82 Å². The number of amides is 1. The Morgan fingerprint density at radius 2 is 2.14 bits per heavy atom. The van der Waals surface area contributed by atoms with E-state index < -0.39 is 0 Å². The summed E-state index contributed by atoms with van der Waals surface area (Å²) in [4.78, 5) is 25.1. The van der Waals surface area contributed by atoms with Crippen LogP contribution < -0.4 is 10.6 Å². The predicted molar refractivity (Wildman–Crippen MR) is 82.5 cm³/mol. The van der Waals surface area contributed by atoms with Crippen LogP contribution >= 0.6 is 0 Å². The van der Waals surface area contributed by atoms with E-state index in [4.69, 9.17) is 0 Å². The molecule has 110 valence electrons. The normalized spacial score (nSPS) is 10.5. The maximum Gasteiger partial charge on any atom is 0.276 e. The number of pyridine rings is 1. The van der Waals surface area contributed by atoms with E-state index in [0.717, 1.165) is 0 Å². The van der Waals surface area contributed by atoms with Gasteiger partial charge in [-0.25, -0.2) is 9.97 Å². The van der Waals surface area contributed by atoms with Gasteiger partial charge < -0.3 is 10.6 Å². The van der Waals surface area contributed by atoms with E-state index in [1.165, 1.54) is 0 Å². The summed E-state index contributed by atoms with van der Waals surface area (Å²) in [5, 5.41) is 5.90. The fourth-order valence-corrected chi connectivity index (χ4v) is 1.79. The summed E-state index contributed by atoms with van der Waals surface area (Å²) in [6, 6.07) is 3.54. The van der Waals surface area contributed by atoms with Crippen LogP contribution in [0.15, 0.2) is 30.7 Å². The summed E-state index contributed by atoms with van der Waals surface area (Å²) in [6.45, 7) is 6.63. The molecule has 0 saturated heterocycles. The van der Waals surface area contributed by atoms with Gasteiger partial charge in [0, 0.05) is 18.7 Å². The highest BCUT2D eigenvalue weighted by atomic mass is 16.1. The molecule has 0 saturated carbocycles. The molecule has 21 heavy (non-hydrogen) atoms. The molecule has 6 heteroatoms. The molecule has 6 nitrogen and oxygen atoms in total. The summed E-state index contributed by atoms with van der Waals surface area (Å²) in [5.41, 5.74) is 1.61. The van der Waals surface area contributed by atoms with Crippen LogP contribution in [-0.2, 0) is 0 Å². The second-order valence-corrected chi connectivity index (χ2v) is 4.87. The summed E-state index contributed by atoms with van der Waals surface area (Å²) in [5.74, 6) is 0.529. The maximum atomic E-state index is 12.4. The van der Waals surface area contributed by atoms with Gasteiger partial charge in [-0.2, -0.15) is 0 Å². The lowest BCUT2D eigenvalue weighted by molar-refractivity contribution is 0.102. The molecule has 0 aliphatic heterocycles. The molecule has 2 rings (SSSR count). The number of nitrogens with one attached hydrogen (secondary N) is 2. The number of anilines is 2. The Morgan fingerprint density at radius 3 is 2.76 bits per heavy atom. The second-order valence-electron chi connectivity index (χ2n) is 4.87. The van der Waals surface area contributed by atoms with E-state index in [1.807, 2.05) is 20.8 Å². The Balaban J connectivity index is 2.30. The standard InChI is InChI=1S/C15H19N5O/c1-4-17-12-9-18-14(10(2)3)20-13(12)15(21)19-11-6-5-7-16-8-11/h5-10,17H,4H2,1-3H3,(H,19,21). The Kier molecular flexibility index (Phi) is 4.81. The van der Waals surface area contributed by atoms with E-state index >= 15 is 0 Å². The lowest BCUT2D eigenvalue weighted by Crippen LogP contribution is -2.18. The first-order valence-corrected chi connectivity index (χ1v) is 6.94. The Hall–Kier alpha value is -2.50. The van der Waals surface area contributed by atoms with Crippen LogP contribution in [0.25, 0.3) is 0 Å². The average molecular weight is 285 g/mol. The zero-order chi connectivity index (χ0) is 15.2. The van der Waals surface area contributed by atoms with Crippen molar-refractivity contribution in [3.8, 4) is 0 Å². The van der Waals surface area contributed by atoms with E-state index in [0.29, 0.717) is 29.4 Å². The van der Waals surface area contributed by atoms with Crippen LogP contribution in [0, 0.1) is 0 Å². The molecule has 0 bridgehead atoms. The Labute approximate surface area is 124 Å². The van der Waals surface area contributed by atoms with Crippen molar-refractivity contribution in [2.75, 3.05) is 17.2 Å². The van der Waals surface area contributed by atoms with Crippen molar-refractivity contribution in [1.29, 1.82) is 0 Å². The number of hydrogen-bond donors (Lipinski definition) is 2. The summed E-state index contributed by atoms with van der Waals surface area (Å²) in [6.07, 6.45) is 4.90. The van der Waals surface area contributed by atoms with Gasteiger partial charge in [-0.05, 0) is 19.1 Å². The summed E-state index contributed by atoms with van der Waals surface area (Å²) in [7, 11) is 0. The van der Waals surface area contributed by atoms with E-state index in [9.17, 15) is 4.79 Å². The van der Waals surface area contributed by atoms with Gasteiger partial charge in [0.05, 0.1) is 23.8 Å². The minimum Gasteiger partial charge on any atom is -0.382 e. The monoisotopic (exact) mass is 285 g/mol. The Morgan fingerprint density at radius 1 is 1.33 bits per heavy atom. The van der Waals surface area contributed by atoms with E-state index in [-0.39, 0.29) is 11.8 Å². The van der Waals surface area contributed by atoms with Crippen LogP contribution in [0.2, 0.25) is 0 Å². The van der Waals surface area contributed by atoms with Crippen molar-refractivity contribution in [3.63, 3.8) is 0 Å². The fraction of sp³-hybridized carbons (Fsp3) is 0.333. The van der Waals surface area contributed by atoms with Gasteiger partial charge in [-0.15, -0.1) is 0 Å². The van der Waals surface area contributed by atoms with Gasteiger partial charge in [0.25, 0.3) is 5.91 Å². The highest BCUT2D eigenvalue weighted by Gasteiger charge is 2.16. The van der Waals surface area contributed by atoms with Crippen LogP contribution in [0.3, 0.4) is 0 Å². The number of carbonyl (C=O) groups excluding carboxylic acids is 1. The molecule has 2 aromatic rings. The van der Waals surface area contributed by atoms with Crippen molar-refractivity contribution < 1.29 is 4.79 Å². The number of rotatable bonds is 5. The van der Waals surface area contributed by atoms with Crippen molar-refractivity contribution in [3.05, 3.63) is 42.2 Å².